The van der Waals surface area contributed by atoms with Gasteiger partial charge in [-0.05, 0) is 13.8 Å². The number of carbonyl (C=O) groups excluding carboxylic acids is 4. The van der Waals surface area contributed by atoms with Crippen LogP contribution in [0.1, 0.15) is 39.5 Å². The SMILES string of the molecule is CNC(=O)CCOCC(COCCC(C)=O)(COCCC(C)=O)COCCC(=O)NC. The first-order valence-corrected chi connectivity index (χ1v) is 10.5. The summed E-state index contributed by atoms with van der Waals surface area (Å²) in [4.78, 5) is 45.2. The van der Waals surface area contributed by atoms with Crippen LogP contribution in [0.25, 0.3) is 0 Å². The number of carbonyl (C=O) groups is 4. The highest BCUT2D eigenvalue weighted by Crippen LogP contribution is 2.21. The van der Waals surface area contributed by atoms with Crippen LogP contribution >= 0.6 is 0 Å². The number of hydrogen-bond donors (Lipinski definition) is 2. The molecule has 0 aliphatic heterocycles. The Morgan fingerprint density at radius 2 is 0.871 bits per heavy atom. The van der Waals surface area contributed by atoms with E-state index in [-0.39, 0.29) is 102 Å². The molecule has 0 radical (unpaired) electrons. The zero-order valence-corrected chi connectivity index (χ0v) is 19.3. The Kier molecular flexibility index (Phi) is 16.7. The van der Waals surface area contributed by atoms with Crippen molar-refractivity contribution in [3.8, 4) is 0 Å². The second kappa shape index (κ2) is 17.8. The number of Topliss-reactive ketones (excluding diaryl/α,β-unsaturated/α-hetero) is 2. The first kappa shape index (κ1) is 29.1. The van der Waals surface area contributed by atoms with Crippen molar-refractivity contribution in [2.45, 2.75) is 39.5 Å². The second-order valence-electron chi connectivity index (χ2n) is 7.46. The molecule has 0 heterocycles. The predicted octanol–water partition coefficient (Wildman–Crippen LogP) is 0.270. The zero-order valence-electron chi connectivity index (χ0n) is 19.3. The van der Waals surface area contributed by atoms with Gasteiger partial charge in [0.1, 0.15) is 11.6 Å². The van der Waals surface area contributed by atoms with E-state index in [2.05, 4.69) is 10.6 Å². The average molecular weight is 447 g/mol. The van der Waals surface area contributed by atoms with Crippen LogP contribution in [0.4, 0.5) is 0 Å². The molecule has 31 heavy (non-hydrogen) atoms. The third-order valence-electron chi connectivity index (χ3n) is 4.33. The number of nitrogens with one attached hydrogen (secondary N) is 2. The van der Waals surface area contributed by atoms with E-state index < -0.39 is 5.41 Å². The quantitative estimate of drug-likeness (QED) is 0.255. The van der Waals surface area contributed by atoms with Gasteiger partial charge in [0, 0.05) is 39.8 Å². The number of rotatable bonds is 20. The number of hydrogen-bond acceptors (Lipinski definition) is 8. The van der Waals surface area contributed by atoms with Crippen molar-refractivity contribution in [3.63, 3.8) is 0 Å². The van der Waals surface area contributed by atoms with E-state index in [9.17, 15) is 19.2 Å². The standard InChI is InChI=1S/C21H38N2O8/c1-17(24)5-9-28-13-21(14-29-10-6-18(2)25,15-30-11-7-19(26)22-3)16-31-12-8-20(27)23-4/h5-16H2,1-4H3,(H,22,26)(H,23,27). The minimum atomic E-state index is -0.723. The van der Waals surface area contributed by atoms with Gasteiger partial charge < -0.3 is 29.6 Å². The van der Waals surface area contributed by atoms with Crippen LogP contribution in [0.5, 0.6) is 0 Å². The Hall–Kier alpha value is -1.88. The molecule has 0 aliphatic rings. The Bertz CT molecular complexity index is 505. The highest BCUT2D eigenvalue weighted by atomic mass is 16.5. The lowest BCUT2D eigenvalue weighted by atomic mass is 9.92. The second-order valence-corrected chi connectivity index (χ2v) is 7.46. The molecule has 0 aromatic heterocycles. The van der Waals surface area contributed by atoms with Crippen molar-refractivity contribution < 1.29 is 38.1 Å². The van der Waals surface area contributed by atoms with Gasteiger partial charge in [-0.25, -0.2) is 0 Å². The summed E-state index contributed by atoms with van der Waals surface area (Å²) in [5.74, 6) is -0.232. The molecule has 0 bridgehead atoms. The van der Waals surface area contributed by atoms with E-state index in [1.165, 1.54) is 13.8 Å². The van der Waals surface area contributed by atoms with Gasteiger partial charge in [-0.2, -0.15) is 0 Å². The molecule has 0 rings (SSSR count). The highest BCUT2D eigenvalue weighted by Gasteiger charge is 2.32. The molecule has 0 fully saturated rings. The van der Waals surface area contributed by atoms with Gasteiger partial charge in [-0.3, -0.25) is 19.2 Å². The average Bonchev–Trinajstić information content (AvgIpc) is 2.73. The van der Waals surface area contributed by atoms with Gasteiger partial charge in [0.15, 0.2) is 0 Å². The summed E-state index contributed by atoms with van der Waals surface area (Å²) < 4.78 is 22.8. The summed E-state index contributed by atoms with van der Waals surface area (Å²) in [6.07, 6.45) is 0.994. The van der Waals surface area contributed by atoms with Gasteiger partial charge >= 0.3 is 0 Å². The molecule has 10 heteroatoms. The molecule has 0 aromatic rings. The molecule has 0 aromatic carbocycles. The molecule has 0 saturated heterocycles. The van der Waals surface area contributed by atoms with Gasteiger partial charge in [-0.15, -0.1) is 0 Å². The van der Waals surface area contributed by atoms with E-state index in [0.29, 0.717) is 0 Å². The summed E-state index contributed by atoms with van der Waals surface area (Å²) in [5.41, 5.74) is -0.723. The fourth-order valence-corrected chi connectivity index (χ4v) is 2.42. The maximum Gasteiger partial charge on any atom is 0.222 e. The van der Waals surface area contributed by atoms with Crippen LogP contribution in [-0.4, -0.2) is 90.3 Å². The fourth-order valence-electron chi connectivity index (χ4n) is 2.42. The molecule has 0 aliphatic carbocycles. The highest BCUT2D eigenvalue weighted by molar-refractivity contribution is 5.76. The van der Waals surface area contributed by atoms with Crippen molar-refractivity contribution in [2.75, 3.05) is 67.0 Å². The van der Waals surface area contributed by atoms with E-state index in [4.69, 9.17) is 18.9 Å². The third-order valence-corrected chi connectivity index (χ3v) is 4.33. The smallest absolute Gasteiger partial charge is 0.222 e. The lowest BCUT2D eigenvalue weighted by molar-refractivity contribution is -0.127. The van der Waals surface area contributed by atoms with Crippen molar-refractivity contribution in [2.24, 2.45) is 5.41 Å². The molecule has 0 atom stereocenters. The first-order chi connectivity index (χ1) is 14.7. The summed E-state index contributed by atoms with van der Waals surface area (Å²) in [6, 6.07) is 0. The minimum Gasteiger partial charge on any atom is -0.380 e. The molecule has 0 unspecified atom stereocenters. The molecule has 2 amide bonds. The van der Waals surface area contributed by atoms with E-state index >= 15 is 0 Å². The Morgan fingerprint density at radius 1 is 0.581 bits per heavy atom. The maximum absolute atomic E-state index is 11.4. The lowest BCUT2D eigenvalue weighted by Gasteiger charge is -2.33. The Balaban J connectivity index is 5.01. The lowest BCUT2D eigenvalue weighted by Crippen LogP contribution is -2.42. The van der Waals surface area contributed by atoms with Gasteiger partial charge in [0.2, 0.25) is 11.8 Å². The van der Waals surface area contributed by atoms with E-state index in [0.717, 1.165) is 0 Å². The van der Waals surface area contributed by atoms with Crippen LogP contribution in [0.2, 0.25) is 0 Å². The number of amides is 2. The first-order valence-electron chi connectivity index (χ1n) is 10.5. The summed E-state index contributed by atoms with van der Waals surface area (Å²) >= 11 is 0. The molecule has 10 nitrogen and oxygen atoms in total. The van der Waals surface area contributed by atoms with Crippen molar-refractivity contribution >= 4 is 23.4 Å². The predicted molar refractivity (Wildman–Crippen MR) is 114 cm³/mol. The Labute approximate surface area is 184 Å². The van der Waals surface area contributed by atoms with Gasteiger partial charge in [0.25, 0.3) is 0 Å². The molecule has 180 valence electrons. The maximum atomic E-state index is 11.4. The fraction of sp³-hybridized carbons (Fsp3) is 0.810. The monoisotopic (exact) mass is 446 g/mol. The minimum absolute atomic E-state index is 0.0203. The van der Waals surface area contributed by atoms with Crippen LogP contribution in [0.3, 0.4) is 0 Å². The summed E-state index contributed by atoms with van der Waals surface area (Å²) in [6.45, 7) is 4.66. The molecule has 2 N–H and O–H groups in total. The van der Waals surface area contributed by atoms with Crippen LogP contribution < -0.4 is 10.6 Å². The number of ketones is 2. The topological polar surface area (TPSA) is 129 Å². The molecule has 0 saturated carbocycles. The third kappa shape index (κ3) is 16.5. The molecule has 0 spiro atoms. The number of ether oxygens (including phenoxy) is 4. The zero-order chi connectivity index (χ0) is 23.5. The van der Waals surface area contributed by atoms with Crippen LogP contribution in [0, 0.1) is 5.41 Å². The van der Waals surface area contributed by atoms with Gasteiger partial charge in [0.05, 0.1) is 58.3 Å². The molecular weight excluding hydrogens is 408 g/mol. The normalized spacial score (nSPS) is 11.2. The van der Waals surface area contributed by atoms with Crippen molar-refractivity contribution in [3.05, 3.63) is 0 Å². The van der Waals surface area contributed by atoms with E-state index in [1.54, 1.807) is 14.1 Å². The van der Waals surface area contributed by atoms with Crippen molar-refractivity contribution in [1.29, 1.82) is 0 Å². The Morgan fingerprint density at radius 3 is 1.13 bits per heavy atom. The van der Waals surface area contributed by atoms with Crippen LogP contribution in [0.15, 0.2) is 0 Å². The molecular formula is C21H38N2O8. The summed E-state index contributed by atoms with van der Waals surface area (Å²) in [7, 11) is 3.11. The van der Waals surface area contributed by atoms with Gasteiger partial charge in [-0.1, -0.05) is 0 Å². The summed E-state index contributed by atoms with van der Waals surface area (Å²) in [5, 5.41) is 5.06. The van der Waals surface area contributed by atoms with Crippen molar-refractivity contribution in [1.82, 2.24) is 10.6 Å². The largest absolute Gasteiger partial charge is 0.380 e. The van der Waals surface area contributed by atoms with Crippen LogP contribution in [-0.2, 0) is 38.1 Å². The van der Waals surface area contributed by atoms with E-state index in [1.807, 2.05) is 0 Å².